The van der Waals surface area contributed by atoms with Crippen LogP contribution in [0.15, 0.2) is 146 Å². The third-order valence-electron chi connectivity index (χ3n) is 12.3. The molecule has 0 bridgehead atoms. The van der Waals surface area contributed by atoms with Crippen molar-refractivity contribution in [2.45, 2.75) is 93.9 Å². The second-order valence-electron chi connectivity index (χ2n) is 17.6. The van der Waals surface area contributed by atoms with E-state index < -0.39 is 46.5 Å². The van der Waals surface area contributed by atoms with Crippen LogP contribution in [0, 0.1) is 53.5 Å². The van der Waals surface area contributed by atoms with Crippen molar-refractivity contribution in [3.63, 3.8) is 0 Å². The topological polar surface area (TPSA) is 27.7 Å². The Kier molecular flexibility index (Phi) is 23.2. The van der Waals surface area contributed by atoms with Crippen LogP contribution in [0.2, 0.25) is 0 Å². The molecule has 8 aromatic carbocycles. The summed E-state index contributed by atoms with van der Waals surface area (Å²) in [5.74, 6) is -7.05. The van der Waals surface area contributed by atoms with Crippen molar-refractivity contribution < 1.29 is 49.3 Å². The van der Waals surface area contributed by atoms with Crippen LogP contribution in [0.25, 0.3) is 44.5 Å². The first-order valence-electron chi connectivity index (χ1n) is 25.8. The summed E-state index contributed by atoms with van der Waals surface area (Å²) < 4.78 is 126. The van der Waals surface area contributed by atoms with Gasteiger partial charge in [0.1, 0.15) is 0 Å². The molecular weight excluding hydrogens is 981 g/mol. The van der Waals surface area contributed by atoms with E-state index in [1.165, 1.54) is 29.3 Å². The molecule has 0 aliphatic rings. The molecule has 0 N–H and O–H groups in total. The number of aryl methyl sites for hydroxylation is 5. The Hall–Kier alpha value is -7.40. The smallest absolute Gasteiger partial charge is 0.201 e. The Morgan fingerprint density at radius 3 is 0.776 bits per heavy atom. The van der Waals surface area contributed by atoms with Gasteiger partial charge in [0.25, 0.3) is 0 Å². The van der Waals surface area contributed by atoms with Gasteiger partial charge in [-0.2, -0.15) is 13.2 Å². The van der Waals surface area contributed by atoms with Crippen LogP contribution in [-0.2, 0) is 25.7 Å². The third kappa shape index (κ3) is 15.6. The van der Waals surface area contributed by atoms with E-state index in [1.807, 2.05) is 86.6 Å². The van der Waals surface area contributed by atoms with Crippen molar-refractivity contribution >= 4 is 0 Å². The Balaban J connectivity index is 0.000000187. The van der Waals surface area contributed by atoms with Crippen molar-refractivity contribution in [2.75, 3.05) is 19.8 Å². The molecule has 0 atom stereocenters. The highest BCUT2D eigenvalue weighted by molar-refractivity contribution is 5.68. The van der Waals surface area contributed by atoms with E-state index >= 15 is 0 Å². The number of hydrogen-bond acceptors (Lipinski definition) is 3. The summed E-state index contributed by atoms with van der Waals surface area (Å²) >= 11 is 0. The number of benzene rings is 8. The first-order chi connectivity index (χ1) is 36.6. The van der Waals surface area contributed by atoms with Crippen LogP contribution >= 0.6 is 0 Å². The summed E-state index contributed by atoms with van der Waals surface area (Å²) in [6.07, 6.45) is 5.96. The summed E-state index contributed by atoms with van der Waals surface area (Å²) in [6.45, 7) is 16.0. The fourth-order valence-corrected chi connectivity index (χ4v) is 8.05. The Bertz CT molecular complexity index is 2980. The van der Waals surface area contributed by atoms with Gasteiger partial charge in [-0.1, -0.05) is 150 Å². The zero-order valence-corrected chi connectivity index (χ0v) is 44.5. The van der Waals surface area contributed by atoms with Gasteiger partial charge in [0.2, 0.25) is 17.5 Å². The van der Waals surface area contributed by atoms with E-state index in [0.29, 0.717) is 53.2 Å². The molecule has 76 heavy (non-hydrogen) atoms. The molecule has 0 aliphatic heterocycles. The summed E-state index contributed by atoms with van der Waals surface area (Å²) in [7, 11) is 0. The van der Waals surface area contributed by atoms with E-state index in [0.717, 1.165) is 49.7 Å². The van der Waals surface area contributed by atoms with Crippen molar-refractivity contribution in [3.05, 3.63) is 220 Å². The molecule has 0 saturated carbocycles. The van der Waals surface area contributed by atoms with Gasteiger partial charge in [0.05, 0.1) is 19.8 Å². The maximum absolute atomic E-state index is 14.1. The van der Waals surface area contributed by atoms with Crippen molar-refractivity contribution in [3.8, 4) is 61.8 Å². The highest BCUT2D eigenvalue weighted by Crippen LogP contribution is 2.33. The quantitative estimate of drug-likeness (QED) is 0.0903. The number of ether oxygens (including phenoxy) is 3. The summed E-state index contributed by atoms with van der Waals surface area (Å²) in [5, 5.41) is 0. The van der Waals surface area contributed by atoms with Crippen LogP contribution in [0.1, 0.15) is 89.1 Å². The van der Waals surface area contributed by atoms with Gasteiger partial charge in [-0.25, -0.2) is 22.0 Å². The van der Waals surface area contributed by atoms with E-state index in [-0.39, 0.29) is 33.9 Å². The van der Waals surface area contributed by atoms with E-state index in [1.54, 1.807) is 82.3 Å². The molecule has 0 radical (unpaired) electrons. The predicted octanol–water partition coefficient (Wildman–Crippen LogP) is 19.1. The molecule has 0 spiro atoms. The van der Waals surface area contributed by atoms with Crippen molar-refractivity contribution in [1.29, 1.82) is 0 Å². The average Bonchev–Trinajstić information content (AvgIpc) is 3.44. The normalized spacial score (nSPS) is 10.6. The number of halogens is 8. The fourth-order valence-electron chi connectivity index (χ4n) is 8.05. The second kappa shape index (κ2) is 29.6. The molecule has 0 heterocycles. The maximum Gasteiger partial charge on any atom is 0.201 e. The Morgan fingerprint density at radius 1 is 0.276 bits per heavy atom. The van der Waals surface area contributed by atoms with Gasteiger partial charge < -0.3 is 14.2 Å². The third-order valence-corrected chi connectivity index (χ3v) is 12.3. The highest BCUT2D eigenvalue weighted by atomic mass is 19.2. The van der Waals surface area contributed by atoms with Gasteiger partial charge in [-0.05, 0) is 140 Å². The minimum Gasteiger partial charge on any atom is -0.491 e. The maximum atomic E-state index is 14.1. The van der Waals surface area contributed by atoms with Gasteiger partial charge >= 0.3 is 0 Å². The zero-order chi connectivity index (χ0) is 55.3. The molecule has 0 amide bonds. The van der Waals surface area contributed by atoms with Gasteiger partial charge in [-0.3, -0.25) is 0 Å². The highest BCUT2D eigenvalue weighted by Gasteiger charge is 2.18. The van der Waals surface area contributed by atoms with Crippen LogP contribution < -0.4 is 14.2 Å². The lowest BCUT2D eigenvalue weighted by Crippen LogP contribution is -1.98. The van der Waals surface area contributed by atoms with E-state index in [2.05, 4.69) is 13.8 Å². The molecule has 0 aliphatic carbocycles. The number of rotatable bonds is 16. The Morgan fingerprint density at radius 2 is 0.526 bits per heavy atom. The van der Waals surface area contributed by atoms with Gasteiger partial charge in [0.15, 0.2) is 46.3 Å². The lowest BCUT2D eigenvalue weighted by Gasteiger charge is -2.09. The largest absolute Gasteiger partial charge is 0.491 e. The molecule has 3 nitrogen and oxygen atoms in total. The minimum absolute atomic E-state index is 0.0450. The van der Waals surface area contributed by atoms with Gasteiger partial charge in [0, 0.05) is 22.3 Å². The first kappa shape index (κ1) is 59.5. The summed E-state index contributed by atoms with van der Waals surface area (Å²) in [5.41, 5.74) is 8.87. The zero-order valence-electron chi connectivity index (χ0n) is 44.5. The molecule has 0 unspecified atom stereocenters. The lowest BCUT2D eigenvalue weighted by atomic mass is 10.0. The Labute approximate surface area is 443 Å². The van der Waals surface area contributed by atoms with Crippen molar-refractivity contribution in [1.82, 2.24) is 0 Å². The van der Waals surface area contributed by atoms with Crippen LogP contribution in [-0.4, -0.2) is 19.8 Å². The fraction of sp³-hybridized carbons (Fsp3) is 0.262. The van der Waals surface area contributed by atoms with Crippen molar-refractivity contribution in [2.24, 2.45) is 0 Å². The van der Waals surface area contributed by atoms with E-state index in [4.69, 9.17) is 14.2 Å². The molecule has 400 valence electrons. The lowest BCUT2D eigenvalue weighted by molar-refractivity contribution is 0.314. The average molecular weight is 1050 g/mol. The summed E-state index contributed by atoms with van der Waals surface area (Å²) in [4.78, 5) is 0. The molecule has 0 aromatic heterocycles. The van der Waals surface area contributed by atoms with Crippen LogP contribution in [0.4, 0.5) is 35.1 Å². The number of hydrogen-bond donors (Lipinski definition) is 0. The van der Waals surface area contributed by atoms with Gasteiger partial charge in [-0.15, -0.1) is 0 Å². The molecule has 0 fully saturated rings. The second-order valence-corrected chi connectivity index (χ2v) is 17.6. The van der Waals surface area contributed by atoms with E-state index in [9.17, 15) is 35.1 Å². The molecule has 8 rings (SSSR count). The predicted molar refractivity (Wildman–Crippen MR) is 292 cm³/mol. The summed E-state index contributed by atoms with van der Waals surface area (Å²) in [6, 6.07) is 42.3. The first-order valence-corrected chi connectivity index (χ1v) is 25.8. The molecule has 11 heteroatoms. The van der Waals surface area contributed by atoms with Crippen LogP contribution in [0.5, 0.6) is 17.2 Å². The monoisotopic (exact) mass is 1050 g/mol. The SMILES string of the molecule is CCCc1ccc(-c2ccc(C)c(F)c2F)cc1.CCCc1ccc(-c2ccc(OCC)c(F)c2F)cc1.CCOc1ccc(-c2ccc(CC)cc2)c(F)c1F.CCOc1ccc(-c2ccc(CC)cc2)c(F)c1F. The van der Waals surface area contributed by atoms with Crippen LogP contribution in [0.3, 0.4) is 0 Å². The molecular formula is C65H66F8O3. The minimum atomic E-state index is -0.932. The molecule has 0 saturated heterocycles. The standard InChI is InChI=1S/C17H18F2O.2C16H16F2O.C16H16F2/c1-3-5-12-6-8-13(9-7-12)14-10-11-15(20-4-2)17(19)16(14)18;2*1-3-11-5-7-12(8-6-11)13-9-10-14(19-4-2)16(18)15(13)17;1-3-4-12-6-8-13(9-7-12)14-10-5-11(2)15(17)16(14)18/h6-11H,3-5H2,1-2H3;2*5-10H,3-4H2,1-2H3;5-10H,3-4H2,1-2H3. The molecule has 8 aromatic rings.